The van der Waals surface area contributed by atoms with Crippen LogP contribution in [0.1, 0.15) is 119 Å². The van der Waals surface area contributed by atoms with Gasteiger partial charge in [0, 0.05) is 6.07 Å². The topological polar surface area (TPSA) is 112 Å². The van der Waals surface area contributed by atoms with Crippen molar-refractivity contribution in [1.82, 2.24) is 0 Å². The predicted octanol–water partition coefficient (Wildman–Crippen LogP) is 14.5. The van der Waals surface area contributed by atoms with Crippen LogP contribution in [0.2, 0.25) is 10.0 Å². The molecule has 8 nitrogen and oxygen atoms in total. The molecule has 2 saturated carbocycles. The minimum absolute atomic E-state index is 0.00546. The number of ketones is 2. The zero-order chi connectivity index (χ0) is 48.3. The molecular formula is C50H46Cl2F6O8. The van der Waals surface area contributed by atoms with E-state index in [1.54, 1.807) is 78.8 Å². The van der Waals surface area contributed by atoms with Crippen LogP contribution >= 0.6 is 23.2 Å². The van der Waals surface area contributed by atoms with Gasteiger partial charge >= 0.3 is 12.4 Å². The fourth-order valence-corrected chi connectivity index (χ4v) is 9.77. The number of aliphatic hydroxyl groups excluding tert-OH is 2. The highest BCUT2D eigenvalue weighted by Crippen LogP contribution is 2.58. The van der Waals surface area contributed by atoms with E-state index in [-0.39, 0.29) is 74.9 Å². The molecule has 350 valence electrons. The largest absolute Gasteiger partial charge is 0.508 e. The molecule has 2 fully saturated rings. The second-order valence-corrected chi connectivity index (χ2v) is 20.0. The number of benzene rings is 4. The molecule has 0 saturated heterocycles. The highest BCUT2D eigenvalue weighted by Gasteiger charge is 2.55. The van der Waals surface area contributed by atoms with Gasteiger partial charge in [-0.3, -0.25) is 9.59 Å². The van der Waals surface area contributed by atoms with E-state index < -0.39 is 62.5 Å². The first-order chi connectivity index (χ1) is 30.5. The number of hydrogen-bond acceptors (Lipinski definition) is 8. The fourth-order valence-electron chi connectivity index (χ4n) is 9.28. The van der Waals surface area contributed by atoms with E-state index >= 15 is 0 Å². The summed E-state index contributed by atoms with van der Waals surface area (Å²) in [5.41, 5.74) is -5.42. The quantitative estimate of drug-likeness (QED) is 0.151. The van der Waals surface area contributed by atoms with Crippen molar-refractivity contribution >= 4 is 45.9 Å². The molecule has 4 aliphatic rings. The molecule has 0 amide bonds. The van der Waals surface area contributed by atoms with E-state index in [9.17, 15) is 46.1 Å². The average molecular weight is 960 g/mol. The molecule has 0 aromatic heterocycles. The molecule has 2 N–H and O–H groups in total. The van der Waals surface area contributed by atoms with Crippen molar-refractivity contribution in [2.45, 2.75) is 121 Å². The zero-order valence-corrected chi connectivity index (χ0v) is 38.4. The van der Waals surface area contributed by atoms with Crippen LogP contribution in [0, 0.1) is 5.92 Å². The maximum Gasteiger partial charge on any atom is 0.417 e. The molecule has 2 aliphatic heterocycles. The van der Waals surface area contributed by atoms with E-state index in [1.165, 1.54) is 6.07 Å². The second kappa shape index (κ2) is 16.1. The van der Waals surface area contributed by atoms with Gasteiger partial charge in [0.05, 0.1) is 32.3 Å². The Morgan fingerprint density at radius 2 is 1.18 bits per heavy atom. The first-order valence-electron chi connectivity index (χ1n) is 21.3. The van der Waals surface area contributed by atoms with Crippen LogP contribution in [-0.4, -0.2) is 44.2 Å². The van der Waals surface area contributed by atoms with E-state index in [2.05, 4.69) is 0 Å². The van der Waals surface area contributed by atoms with Crippen LogP contribution in [0.25, 0.3) is 11.1 Å². The number of halogens is 8. The van der Waals surface area contributed by atoms with E-state index in [4.69, 9.17) is 42.1 Å². The number of hydrogen-bond donors (Lipinski definition) is 2. The van der Waals surface area contributed by atoms with Crippen LogP contribution in [0.15, 0.2) is 84.3 Å². The summed E-state index contributed by atoms with van der Waals surface area (Å²) in [5.74, 6) is -1.83. The van der Waals surface area contributed by atoms with Crippen molar-refractivity contribution in [3.8, 4) is 23.0 Å². The molecule has 8 rings (SSSR count). The molecule has 4 aromatic rings. The molecule has 0 radical (unpaired) electrons. The van der Waals surface area contributed by atoms with Gasteiger partial charge in [0.25, 0.3) is 0 Å². The van der Waals surface area contributed by atoms with E-state index in [1.807, 2.05) is 0 Å². The molecule has 3 unspecified atom stereocenters. The number of aliphatic hydroxyl groups is 2. The average Bonchev–Trinajstić information content (AvgIpc) is 4.14. The second-order valence-electron chi connectivity index (χ2n) is 19.1. The maximum atomic E-state index is 15.0. The van der Waals surface area contributed by atoms with Crippen LogP contribution in [0.3, 0.4) is 0 Å². The Morgan fingerprint density at radius 1 is 0.636 bits per heavy atom. The maximum absolute atomic E-state index is 15.0. The predicted molar refractivity (Wildman–Crippen MR) is 235 cm³/mol. The molecule has 2 heterocycles. The lowest BCUT2D eigenvalue weighted by Crippen LogP contribution is -2.51. The zero-order valence-electron chi connectivity index (χ0n) is 36.9. The summed E-state index contributed by atoms with van der Waals surface area (Å²) >= 11 is 12.2. The van der Waals surface area contributed by atoms with Gasteiger partial charge in [0.2, 0.25) is 0 Å². The highest BCUT2D eigenvalue weighted by atomic mass is 35.5. The summed E-state index contributed by atoms with van der Waals surface area (Å²) < 4.78 is 105. The van der Waals surface area contributed by atoms with Crippen molar-refractivity contribution < 1.29 is 65.1 Å². The molecular weight excluding hydrogens is 913 g/mol. The van der Waals surface area contributed by atoms with Gasteiger partial charge in [0.15, 0.2) is 11.6 Å². The smallest absolute Gasteiger partial charge is 0.417 e. The first-order valence-corrected chi connectivity index (χ1v) is 22.0. The molecule has 4 aromatic carbocycles. The number of carbonyl (C=O) groups is 2. The summed E-state index contributed by atoms with van der Waals surface area (Å²) in [6.07, 6.45) is -6.96. The van der Waals surface area contributed by atoms with E-state index in [0.29, 0.717) is 23.1 Å². The van der Waals surface area contributed by atoms with Gasteiger partial charge in [-0.05, 0) is 169 Å². The lowest BCUT2D eigenvalue weighted by molar-refractivity contribution is -0.165. The van der Waals surface area contributed by atoms with Gasteiger partial charge < -0.3 is 29.2 Å². The number of ether oxygens (including phenoxy) is 4. The van der Waals surface area contributed by atoms with Gasteiger partial charge in [0.1, 0.15) is 56.9 Å². The molecule has 2 aliphatic carbocycles. The molecule has 0 spiro atoms. The van der Waals surface area contributed by atoms with Crippen molar-refractivity contribution in [1.29, 1.82) is 0 Å². The van der Waals surface area contributed by atoms with Gasteiger partial charge in [-0.2, -0.15) is 26.3 Å². The van der Waals surface area contributed by atoms with Crippen molar-refractivity contribution in [2.24, 2.45) is 5.92 Å². The Hall–Kier alpha value is -5.02. The Kier molecular flexibility index (Phi) is 11.6. The summed E-state index contributed by atoms with van der Waals surface area (Å²) in [6.45, 7) is 11.4. The molecule has 16 heteroatoms. The summed E-state index contributed by atoms with van der Waals surface area (Å²) in [6, 6.07) is 15.5. The third kappa shape index (κ3) is 8.93. The summed E-state index contributed by atoms with van der Waals surface area (Å²) in [5, 5.41) is 22.6. The minimum atomic E-state index is -4.69. The van der Waals surface area contributed by atoms with Crippen molar-refractivity contribution in [3.63, 3.8) is 0 Å². The van der Waals surface area contributed by atoms with Crippen LogP contribution in [-0.2, 0) is 31.4 Å². The molecule has 0 bridgehead atoms. The highest BCUT2D eigenvalue weighted by molar-refractivity contribution is 6.32. The van der Waals surface area contributed by atoms with Crippen LogP contribution < -0.4 is 9.47 Å². The number of Topliss-reactive ketones (excluding diaryl/α,β-unsaturated/α-hetero) is 2. The van der Waals surface area contributed by atoms with Crippen LogP contribution in [0.4, 0.5) is 26.3 Å². The Bertz CT molecular complexity index is 2750. The summed E-state index contributed by atoms with van der Waals surface area (Å²) in [4.78, 5) is 29.1. The third-order valence-electron chi connectivity index (χ3n) is 12.6. The number of rotatable bonds is 10. The summed E-state index contributed by atoms with van der Waals surface area (Å²) in [7, 11) is 0. The van der Waals surface area contributed by atoms with Gasteiger partial charge in [-0.1, -0.05) is 35.3 Å². The minimum Gasteiger partial charge on any atom is -0.508 e. The van der Waals surface area contributed by atoms with Gasteiger partial charge in [-0.15, -0.1) is 0 Å². The standard InChI is InChI=1S/C50H46Cl2F6O8/c1-45(2)41(59)39(42(60)46(3,4)65-45)34-20-27(63-29-13-16-35(36(51)22-29)50(56,57)58)12-15-31(34)32-18-25(32)23-48(7)44(62)40(43(61)47(5,6)66-48)33-21-28(11-14-30(33)24-8-9-24)64-38-17-10-26(19-37(38)52)49(53,54)55/h10-17,19-22,24-25,32,59,61H,8-9,18,23H2,1-7H3. The number of carbonyl (C=O) groups excluding carboxylic acids is 2. The van der Waals surface area contributed by atoms with Crippen molar-refractivity contribution in [3.05, 3.63) is 128 Å². The van der Waals surface area contributed by atoms with Crippen molar-refractivity contribution in [2.75, 3.05) is 0 Å². The normalized spacial score (nSPS) is 23.9. The molecule has 66 heavy (non-hydrogen) atoms. The Morgan fingerprint density at radius 3 is 1.76 bits per heavy atom. The Labute approximate surface area is 387 Å². The van der Waals surface area contributed by atoms with E-state index in [0.717, 1.165) is 54.8 Å². The van der Waals surface area contributed by atoms with Gasteiger partial charge in [-0.25, -0.2) is 0 Å². The van der Waals surface area contributed by atoms with Crippen LogP contribution in [0.5, 0.6) is 23.0 Å². The fraction of sp³-hybridized carbons (Fsp3) is 0.400. The lowest BCUT2D eigenvalue weighted by Gasteiger charge is -2.43. The monoisotopic (exact) mass is 958 g/mol. The SMILES string of the molecule is CC1(C)OC(C)(C)C(O)=C(c2cc(Oc3ccc(C(F)(F)F)c(Cl)c3)ccc2C2CC2CC2(C)OC(C)(C)C(O)=C(c3cc(Oc4ccc(C(F)(F)F)cc4Cl)ccc3C3CC3)C2=O)C1=O. The number of alkyl halides is 6. The Balaban J connectivity index is 1.13. The third-order valence-corrected chi connectivity index (χ3v) is 13.2. The lowest BCUT2D eigenvalue weighted by atomic mass is 9.77. The molecule has 3 atom stereocenters. The first kappa shape index (κ1) is 47.5.